The Balaban J connectivity index is 1.41. The van der Waals surface area contributed by atoms with Gasteiger partial charge >= 0.3 is 0 Å². The molecule has 1 nitrogen and oxygen atoms in total. The van der Waals surface area contributed by atoms with Gasteiger partial charge in [0, 0.05) is 36.9 Å². The summed E-state index contributed by atoms with van der Waals surface area (Å²) in [5, 5.41) is 7.86. The van der Waals surface area contributed by atoms with Gasteiger partial charge in [0.15, 0.2) is 0 Å². The Labute approximate surface area is 237 Å². The first-order valence-corrected chi connectivity index (χ1v) is 14.4. The molecule has 7 aromatic carbocycles. The molecule has 2 heteroatoms. The number of para-hydroxylation sites is 1. The summed E-state index contributed by atoms with van der Waals surface area (Å²) in [4.78, 5) is 2.40. The van der Waals surface area contributed by atoms with Crippen LogP contribution in [0.25, 0.3) is 52.8 Å². The average molecular weight is 528 g/mol. The Bertz CT molecular complexity index is 2140. The van der Waals surface area contributed by atoms with Crippen molar-refractivity contribution in [2.45, 2.75) is 0 Å². The SMILES string of the molecule is c1ccc(-c2ccc(N(c3ccccc3)c3cc4sc5ccc6ccccc6c5c4c4ccccc34)cc2)cc1. The second kappa shape index (κ2) is 9.37. The van der Waals surface area contributed by atoms with Gasteiger partial charge in [0.25, 0.3) is 0 Å². The number of nitrogens with zero attached hydrogens (tertiary/aromatic N) is 1. The average Bonchev–Trinajstić information content (AvgIpc) is 3.42. The van der Waals surface area contributed by atoms with E-state index in [0.29, 0.717) is 0 Å². The highest BCUT2D eigenvalue weighted by Gasteiger charge is 2.20. The lowest BCUT2D eigenvalue weighted by atomic mass is 9.98. The fourth-order valence-corrected chi connectivity index (χ4v) is 7.18. The summed E-state index contributed by atoms with van der Waals surface area (Å²) in [6, 6.07) is 54.8. The molecule has 0 saturated carbocycles. The monoisotopic (exact) mass is 527 g/mol. The summed E-state index contributed by atoms with van der Waals surface area (Å²) in [6.07, 6.45) is 0. The normalized spacial score (nSPS) is 11.5. The molecule has 0 bridgehead atoms. The van der Waals surface area contributed by atoms with Crippen LogP contribution in [0, 0.1) is 0 Å². The van der Waals surface area contributed by atoms with Crippen molar-refractivity contribution < 1.29 is 0 Å². The van der Waals surface area contributed by atoms with Crippen molar-refractivity contribution in [3.05, 3.63) is 152 Å². The van der Waals surface area contributed by atoms with Gasteiger partial charge in [-0.3, -0.25) is 0 Å². The molecular formula is C38H25NS. The van der Waals surface area contributed by atoms with Gasteiger partial charge in [-0.05, 0) is 63.7 Å². The molecule has 0 atom stereocenters. The summed E-state index contributed by atoms with van der Waals surface area (Å²) in [5.74, 6) is 0. The van der Waals surface area contributed by atoms with E-state index in [4.69, 9.17) is 0 Å². The molecular weight excluding hydrogens is 502 g/mol. The topological polar surface area (TPSA) is 3.24 Å². The fraction of sp³-hybridized carbons (Fsp3) is 0. The van der Waals surface area contributed by atoms with Crippen LogP contribution in [-0.2, 0) is 0 Å². The molecule has 1 heterocycles. The number of hydrogen-bond acceptors (Lipinski definition) is 2. The van der Waals surface area contributed by atoms with E-state index < -0.39 is 0 Å². The Kier molecular flexibility index (Phi) is 5.39. The number of anilines is 3. The number of thiophene rings is 1. The zero-order valence-corrected chi connectivity index (χ0v) is 22.6. The van der Waals surface area contributed by atoms with Gasteiger partial charge < -0.3 is 4.90 Å². The van der Waals surface area contributed by atoms with Crippen molar-refractivity contribution in [3.8, 4) is 11.1 Å². The van der Waals surface area contributed by atoms with Crippen LogP contribution in [0.15, 0.2) is 152 Å². The van der Waals surface area contributed by atoms with Gasteiger partial charge in [-0.15, -0.1) is 11.3 Å². The third kappa shape index (κ3) is 3.69. The van der Waals surface area contributed by atoms with Gasteiger partial charge in [-0.25, -0.2) is 0 Å². The first-order valence-electron chi connectivity index (χ1n) is 13.6. The Hall–Kier alpha value is -4.92. The molecule has 0 radical (unpaired) electrons. The predicted octanol–water partition coefficient (Wildman–Crippen LogP) is 11.5. The van der Waals surface area contributed by atoms with Crippen molar-refractivity contribution in [1.29, 1.82) is 0 Å². The van der Waals surface area contributed by atoms with E-state index in [1.54, 1.807) is 0 Å². The summed E-state index contributed by atoms with van der Waals surface area (Å²) >= 11 is 1.89. The third-order valence-corrected chi connectivity index (χ3v) is 8.94. The molecule has 8 aromatic rings. The number of hydrogen-bond donors (Lipinski definition) is 0. The molecule has 188 valence electrons. The van der Waals surface area contributed by atoms with Crippen LogP contribution in [0.3, 0.4) is 0 Å². The molecule has 1 aromatic heterocycles. The van der Waals surface area contributed by atoms with Crippen LogP contribution in [0.1, 0.15) is 0 Å². The maximum Gasteiger partial charge on any atom is 0.0554 e. The van der Waals surface area contributed by atoms with Crippen molar-refractivity contribution in [3.63, 3.8) is 0 Å². The number of rotatable bonds is 4. The van der Waals surface area contributed by atoms with Crippen molar-refractivity contribution in [2.75, 3.05) is 4.90 Å². The van der Waals surface area contributed by atoms with Crippen molar-refractivity contribution in [2.24, 2.45) is 0 Å². The molecule has 0 aliphatic carbocycles. The van der Waals surface area contributed by atoms with E-state index in [-0.39, 0.29) is 0 Å². The zero-order chi connectivity index (χ0) is 26.5. The van der Waals surface area contributed by atoms with E-state index in [1.807, 2.05) is 11.3 Å². The Morgan fingerprint density at radius 1 is 0.400 bits per heavy atom. The standard InChI is InChI=1S/C38H25NS/c1-3-11-26(12-4-1)27-19-22-30(23-20-27)39(29-14-5-2-6-15-29)34-25-36-38(33-18-10-9-17-32(33)34)37-31-16-8-7-13-28(31)21-24-35(37)40-36/h1-25H. The highest BCUT2D eigenvalue weighted by atomic mass is 32.1. The van der Waals surface area contributed by atoms with Crippen molar-refractivity contribution in [1.82, 2.24) is 0 Å². The molecule has 0 unspecified atom stereocenters. The van der Waals surface area contributed by atoms with Gasteiger partial charge in [-0.1, -0.05) is 115 Å². The smallest absolute Gasteiger partial charge is 0.0554 e. The van der Waals surface area contributed by atoms with Gasteiger partial charge in [0.1, 0.15) is 0 Å². The van der Waals surface area contributed by atoms with E-state index in [2.05, 4.69) is 157 Å². The summed E-state index contributed by atoms with van der Waals surface area (Å²) < 4.78 is 2.64. The molecule has 0 N–H and O–H groups in total. The third-order valence-electron chi connectivity index (χ3n) is 7.84. The van der Waals surface area contributed by atoms with Crippen LogP contribution >= 0.6 is 11.3 Å². The van der Waals surface area contributed by atoms with Gasteiger partial charge in [0.05, 0.1) is 5.69 Å². The number of fused-ring (bicyclic) bond motifs is 7. The molecule has 8 rings (SSSR count). The minimum atomic E-state index is 1.14. The van der Waals surface area contributed by atoms with Gasteiger partial charge in [0.2, 0.25) is 0 Å². The maximum absolute atomic E-state index is 2.40. The Morgan fingerprint density at radius 3 is 1.75 bits per heavy atom. The van der Waals surface area contributed by atoms with Crippen LogP contribution in [0.5, 0.6) is 0 Å². The lowest BCUT2D eigenvalue weighted by molar-refractivity contribution is 1.30. The quantitative estimate of drug-likeness (QED) is 0.220. The predicted molar refractivity (Wildman–Crippen MR) is 174 cm³/mol. The molecule has 0 fully saturated rings. The highest BCUT2D eigenvalue weighted by molar-refractivity contribution is 7.26. The summed E-state index contributed by atoms with van der Waals surface area (Å²) in [5.41, 5.74) is 5.92. The molecule has 0 saturated heterocycles. The minimum Gasteiger partial charge on any atom is -0.310 e. The van der Waals surface area contributed by atoms with E-state index in [9.17, 15) is 0 Å². The molecule has 40 heavy (non-hydrogen) atoms. The van der Waals surface area contributed by atoms with Crippen LogP contribution in [0.4, 0.5) is 17.1 Å². The van der Waals surface area contributed by atoms with Gasteiger partial charge in [-0.2, -0.15) is 0 Å². The molecule has 0 aliphatic heterocycles. The molecule has 0 aliphatic rings. The van der Waals surface area contributed by atoms with Crippen LogP contribution in [-0.4, -0.2) is 0 Å². The van der Waals surface area contributed by atoms with Crippen molar-refractivity contribution >= 4 is 70.1 Å². The zero-order valence-electron chi connectivity index (χ0n) is 21.8. The van der Waals surface area contributed by atoms with Crippen LogP contribution in [0.2, 0.25) is 0 Å². The largest absolute Gasteiger partial charge is 0.310 e. The molecule has 0 amide bonds. The lowest BCUT2D eigenvalue weighted by Crippen LogP contribution is -2.10. The van der Waals surface area contributed by atoms with E-state index in [1.165, 1.54) is 58.5 Å². The maximum atomic E-state index is 2.40. The first kappa shape index (κ1) is 23.0. The molecule has 0 spiro atoms. The summed E-state index contributed by atoms with van der Waals surface area (Å²) in [7, 11) is 0. The summed E-state index contributed by atoms with van der Waals surface area (Å²) in [6.45, 7) is 0. The Morgan fingerprint density at radius 2 is 0.975 bits per heavy atom. The first-order chi connectivity index (χ1) is 19.8. The second-order valence-corrected chi connectivity index (χ2v) is 11.2. The second-order valence-electron chi connectivity index (χ2n) is 10.2. The van der Waals surface area contributed by atoms with E-state index >= 15 is 0 Å². The fourth-order valence-electron chi connectivity index (χ4n) is 6.01. The van der Waals surface area contributed by atoms with E-state index in [0.717, 1.165) is 11.4 Å². The lowest BCUT2D eigenvalue weighted by Gasteiger charge is -2.27. The highest BCUT2D eigenvalue weighted by Crippen LogP contribution is 2.47. The number of benzene rings is 7. The minimum absolute atomic E-state index is 1.14. The van der Waals surface area contributed by atoms with Crippen LogP contribution < -0.4 is 4.90 Å².